The van der Waals surface area contributed by atoms with Crippen LogP contribution in [-0.4, -0.2) is 58.6 Å². The maximum atomic E-state index is 4.64. The van der Waals surface area contributed by atoms with Crippen LogP contribution in [0.15, 0.2) is 83.0 Å². The molecule has 148 valence electrons. The van der Waals surface area contributed by atoms with E-state index in [0.29, 0.717) is 0 Å². The standard InChI is InChI=1S/C24H22N6/c1-3-7-23-19(5-1)9-11-21(27-23)17-25-29-13-15-30(16-14-29)26-18-22-12-10-20-6-2-4-8-24(20)28-22/h1-12,17-18H,13-16H2/b25-17-,26-18-. The lowest BCUT2D eigenvalue weighted by atomic mass is 10.2. The van der Waals surface area contributed by atoms with Crippen molar-refractivity contribution in [2.45, 2.75) is 0 Å². The summed E-state index contributed by atoms with van der Waals surface area (Å²) in [5, 5.41) is 15.6. The van der Waals surface area contributed by atoms with E-state index < -0.39 is 0 Å². The highest BCUT2D eigenvalue weighted by atomic mass is 15.5. The van der Waals surface area contributed by atoms with Crippen LogP contribution in [0.2, 0.25) is 0 Å². The van der Waals surface area contributed by atoms with Crippen molar-refractivity contribution in [2.75, 3.05) is 26.2 Å². The number of hydrogen-bond acceptors (Lipinski definition) is 6. The van der Waals surface area contributed by atoms with Crippen LogP contribution in [0.3, 0.4) is 0 Å². The van der Waals surface area contributed by atoms with Gasteiger partial charge in [0.2, 0.25) is 0 Å². The fourth-order valence-corrected chi connectivity index (χ4v) is 3.51. The van der Waals surface area contributed by atoms with Gasteiger partial charge in [0.1, 0.15) is 0 Å². The quantitative estimate of drug-likeness (QED) is 0.495. The minimum absolute atomic E-state index is 0.826. The highest BCUT2D eigenvalue weighted by Crippen LogP contribution is 2.12. The Morgan fingerprint density at radius 2 is 1.00 bits per heavy atom. The number of fused-ring (bicyclic) bond motifs is 2. The van der Waals surface area contributed by atoms with Crippen LogP contribution < -0.4 is 0 Å². The molecule has 5 rings (SSSR count). The summed E-state index contributed by atoms with van der Waals surface area (Å²) in [6, 6.07) is 24.4. The summed E-state index contributed by atoms with van der Waals surface area (Å²) in [6.07, 6.45) is 3.68. The fourth-order valence-electron chi connectivity index (χ4n) is 3.51. The molecule has 0 spiro atoms. The molecule has 3 heterocycles. The molecular weight excluding hydrogens is 372 g/mol. The van der Waals surface area contributed by atoms with Crippen molar-refractivity contribution in [3.8, 4) is 0 Å². The van der Waals surface area contributed by atoms with E-state index in [9.17, 15) is 0 Å². The molecule has 1 aliphatic heterocycles. The van der Waals surface area contributed by atoms with Crippen LogP contribution in [0.4, 0.5) is 0 Å². The first-order valence-electron chi connectivity index (χ1n) is 10.1. The van der Waals surface area contributed by atoms with Crippen LogP contribution in [-0.2, 0) is 0 Å². The van der Waals surface area contributed by atoms with Crippen molar-refractivity contribution < 1.29 is 0 Å². The van der Waals surface area contributed by atoms with Crippen molar-refractivity contribution in [3.05, 3.63) is 84.2 Å². The summed E-state index contributed by atoms with van der Waals surface area (Å²) < 4.78 is 0. The molecule has 0 N–H and O–H groups in total. The molecule has 0 radical (unpaired) electrons. The van der Waals surface area contributed by atoms with Gasteiger partial charge < -0.3 is 0 Å². The smallest absolute Gasteiger partial charge is 0.0837 e. The molecule has 6 heteroatoms. The Morgan fingerprint density at radius 3 is 1.47 bits per heavy atom. The zero-order valence-corrected chi connectivity index (χ0v) is 16.6. The topological polar surface area (TPSA) is 57.0 Å². The molecule has 0 unspecified atom stereocenters. The summed E-state index contributed by atoms with van der Waals surface area (Å²) in [5.41, 5.74) is 3.72. The highest BCUT2D eigenvalue weighted by molar-refractivity contribution is 5.85. The Morgan fingerprint density at radius 1 is 0.567 bits per heavy atom. The molecule has 0 saturated carbocycles. The van der Waals surface area contributed by atoms with Crippen molar-refractivity contribution in [1.82, 2.24) is 20.0 Å². The SMILES string of the molecule is C(=N/N1CCN(/N=C\c2ccc3ccccc3n2)CC1)/c1ccc2ccccc2n1. The molecule has 1 saturated heterocycles. The fraction of sp³-hybridized carbons (Fsp3) is 0.167. The molecule has 1 fully saturated rings. The van der Waals surface area contributed by atoms with E-state index in [-0.39, 0.29) is 0 Å². The van der Waals surface area contributed by atoms with E-state index in [4.69, 9.17) is 0 Å². The number of benzene rings is 2. The monoisotopic (exact) mass is 394 g/mol. The number of rotatable bonds is 4. The minimum atomic E-state index is 0.826. The molecule has 0 aliphatic carbocycles. The van der Waals surface area contributed by atoms with Gasteiger partial charge in [-0.2, -0.15) is 10.2 Å². The number of piperazine rings is 1. The molecule has 1 aliphatic rings. The lowest BCUT2D eigenvalue weighted by Gasteiger charge is -2.31. The van der Waals surface area contributed by atoms with Crippen molar-refractivity contribution in [1.29, 1.82) is 0 Å². The van der Waals surface area contributed by atoms with Crippen molar-refractivity contribution in [2.24, 2.45) is 10.2 Å². The first-order chi connectivity index (χ1) is 14.8. The van der Waals surface area contributed by atoms with Gasteiger partial charge in [0.15, 0.2) is 0 Å². The summed E-state index contributed by atoms with van der Waals surface area (Å²) in [5.74, 6) is 0. The second-order valence-electron chi connectivity index (χ2n) is 7.25. The van der Waals surface area contributed by atoms with Gasteiger partial charge in [-0.15, -0.1) is 0 Å². The second-order valence-corrected chi connectivity index (χ2v) is 7.25. The third-order valence-corrected chi connectivity index (χ3v) is 5.18. The number of nitrogens with zero attached hydrogens (tertiary/aromatic N) is 6. The third-order valence-electron chi connectivity index (χ3n) is 5.18. The third kappa shape index (κ3) is 4.12. The predicted octanol–water partition coefficient (Wildman–Crippen LogP) is 3.77. The maximum absolute atomic E-state index is 4.64. The van der Waals surface area contributed by atoms with Gasteiger partial charge in [-0.25, -0.2) is 9.97 Å². The Bertz CT molecular complexity index is 1130. The summed E-state index contributed by atoms with van der Waals surface area (Å²) >= 11 is 0. The average Bonchev–Trinajstić information content (AvgIpc) is 2.82. The van der Waals surface area contributed by atoms with E-state index in [0.717, 1.165) is 59.4 Å². The van der Waals surface area contributed by atoms with E-state index in [1.807, 2.05) is 61.0 Å². The van der Waals surface area contributed by atoms with Gasteiger partial charge >= 0.3 is 0 Å². The molecule has 0 atom stereocenters. The first-order valence-corrected chi connectivity index (χ1v) is 10.1. The van der Waals surface area contributed by atoms with Gasteiger partial charge in [-0.1, -0.05) is 48.5 Å². The Balaban J connectivity index is 1.18. The van der Waals surface area contributed by atoms with Gasteiger partial charge in [0, 0.05) is 10.8 Å². The average molecular weight is 394 g/mol. The van der Waals surface area contributed by atoms with Crippen LogP contribution in [0.5, 0.6) is 0 Å². The zero-order chi connectivity index (χ0) is 20.2. The zero-order valence-electron chi connectivity index (χ0n) is 16.6. The molecular formula is C24H22N6. The Kier molecular flexibility index (Phi) is 5.04. The highest BCUT2D eigenvalue weighted by Gasteiger charge is 2.13. The lowest BCUT2D eigenvalue weighted by Crippen LogP contribution is -2.41. The second kappa shape index (κ2) is 8.29. The van der Waals surface area contributed by atoms with Crippen LogP contribution in [0, 0.1) is 0 Å². The van der Waals surface area contributed by atoms with Crippen LogP contribution in [0.1, 0.15) is 11.4 Å². The normalized spacial score (nSPS) is 15.1. The molecule has 4 aromatic rings. The summed E-state index contributed by atoms with van der Waals surface area (Å²) in [7, 11) is 0. The van der Waals surface area contributed by atoms with Crippen LogP contribution in [0.25, 0.3) is 21.8 Å². The molecule has 0 bridgehead atoms. The minimum Gasteiger partial charge on any atom is -0.293 e. The lowest BCUT2D eigenvalue weighted by molar-refractivity contribution is 0.141. The number of pyridine rings is 2. The van der Waals surface area contributed by atoms with E-state index in [1.165, 1.54) is 0 Å². The molecule has 6 nitrogen and oxygen atoms in total. The predicted molar refractivity (Wildman–Crippen MR) is 122 cm³/mol. The molecule has 2 aromatic carbocycles. The van der Waals surface area contributed by atoms with E-state index >= 15 is 0 Å². The van der Waals surface area contributed by atoms with Gasteiger partial charge in [0.05, 0.1) is 61.0 Å². The molecule has 0 amide bonds. The number of hydrogen-bond donors (Lipinski definition) is 0. The number of hydrazone groups is 2. The number of aromatic nitrogens is 2. The van der Waals surface area contributed by atoms with Crippen molar-refractivity contribution >= 4 is 34.2 Å². The van der Waals surface area contributed by atoms with Crippen molar-refractivity contribution in [3.63, 3.8) is 0 Å². The van der Waals surface area contributed by atoms with E-state index in [1.54, 1.807) is 0 Å². The maximum Gasteiger partial charge on any atom is 0.0837 e. The summed E-state index contributed by atoms with van der Waals surface area (Å²) in [6.45, 7) is 3.30. The van der Waals surface area contributed by atoms with Crippen LogP contribution >= 0.6 is 0 Å². The van der Waals surface area contributed by atoms with E-state index in [2.05, 4.69) is 54.5 Å². The molecule has 30 heavy (non-hydrogen) atoms. The van der Waals surface area contributed by atoms with Gasteiger partial charge in [-0.05, 0) is 24.3 Å². The largest absolute Gasteiger partial charge is 0.293 e. The Labute approximate surface area is 175 Å². The molecule has 2 aromatic heterocycles. The van der Waals surface area contributed by atoms with Gasteiger partial charge in [0.25, 0.3) is 0 Å². The number of para-hydroxylation sites is 2. The first kappa shape index (κ1) is 18.2. The Hall–Kier alpha value is -3.80. The summed E-state index contributed by atoms with van der Waals surface area (Å²) in [4.78, 5) is 9.28. The van der Waals surface area contributed by atoms with Gasteiger partial charge in [-0.3, -0.25) is 10.0 Å².